The van der Waals surface area contributed by atoms with Gasteiger partial charge in [-0.1, -0.05) is 30.9 Å². The number of fused-ring (bicyclic) bond motifs is 1. The van der Waals surface area contributed by atoms with Crippen LogP contribution in [0.5, 0.6) is 17.2 Å². The summed E-state index contributed by atoms with van der Waals surface area (Å²) in [6.45, 7) is 3.91. The summed E-state index contributed by atoms with van der Waals surface area (Å²) >= 11 is 0. The molecular formula is C23H22N4O3. The number of hydrogen-bond acceptors (Lipinski definition) is 6. The Hall–Kier alpha value is -4.00. The summed E-state index contributed by atoms with van der Waals surface area (Å²) in [5.41, 5.74) is 3.52. The molecule has 2 aromatic carbocycles. The normalized spacial score (nSPS) is 10.6. The van der Waals surface area contributed by atoms with Crippen molar-refractivity contribution in [3.05, 3.63) is 67.0 Å². The van der Waals surface area contributed by atoms with Crippen LogP contribution in [-0.4, -0.2) is 35.9 Å². The second-order valence-corrected chi connectivity index (χ2v) is 6.46. The lowest BCUT2D eigenvalue weighted by Gasteiger charge is -2.14. The number of para-hydroxylation sites is 1. The van der Waals surface area contributed by atoms with Gasteiger partial charge in [-0.3, -0.25) is 0 Å². The van der Waals surface area contributed by atoms with Crippen LogP contribution in [0.4, 0.5) is 11.6 Å². The summed E-state index contributed by atoms with van der Waals surface area (Å²) in [6, 6.07) is 13.6. The molecular weight excluding hydrogens is 380 g/mol. The maximum atomic E-state index is 5.42. The van der Waals surface area contributed by atoms with Crippen molar-refractivity contribution in [2.75, 3.05) is 26.6 Å². The van der Waals surface area contributed by atoms with Crippen molar-refractivity contribution in [3.63, 3.8) is 0 Å². The monoisotopic (exact) mass is 402 g/mol. The first kappa shape index (κ1) is 19.3. The fraction of sp³-hybridized carbons (Fsp3) is 0.130. The third-order valence-corrected chi connectivity index (χ3v) is 4.76. The predicted octanol–water partition coefficient (Wildman–Crippen LogP) is 4.83. The molecule has 152 valence electrons. The van der Waals surface area contributed by atoms with E-state index in [1.807, 2.05) is 47.2 Å². The molecule has 0 bridgehead atoms. The fourth-order valence-electron chi connectivity index (χ4n) is 3.33. The van der Waals surface area contributed by atoms with Crippen LogP contribution in [-0.2, 0) is 0 Å². The predicted molar refractivity (Wildman–Crippen MR) is 118 cm³/mol. The molecule has 4 aromatic rings. The van der Waals surface area contributed by atoms with Gasteiger partial charge in [-0.15, -0.1) is 0 Å². The molecule has 7 nitrogen and oxygen atoms in total. The van der Waals surface area contributed by atoms with Gasteiger partial charge in [0.05, 0.1) is 27.0 Å². The second kappa shape index (κ2) is 8.16. The minimum atomic E-state index is 0.452. The van der Waals surface area contributed by atoms with E-state index in [-0.39, 0.29) is 0 Å². The molecule has 0 spiro atoms. The van der Waals surface area contributed by atoms with Gasteiger partial charge in [-0.2, -0.15) is 4.98 Å². The highest BCUT2D eigenvalue weighted by Crippen LogP contribution is 2.40. The molecule has 0 radical (unpaired) electrons. The summed E-state index contributed by atoms with van der Waals surface area (Å²) in [5, 5.41) is 4.16. The number of nitrogens with one attached hydrogen (secondary N) is 1. The Morgan fingerprint density at radius 2 is 1.73 bits per heavy atom. The molecule has 0 fully saturated rings. The SMILES string of the molecule is C=Cc1ccccc1-n1ccc2cnc(Nc3cc(OC)c(OC)c(OC)c3)nc21. The van der Waals surface area contributed by atoms with Gasteiger partial charge < -0.3 is 24.1 Å². The van der Waals surface area contributed by atoms with Crippen LogP contribution in [0.1, 0.15) is 5.56 Å². The van der Waals surface area contributed by atoms with Crippen LogP contribution < -0.4 is 19.5 Å². The lowest BCUT2D eigenvalue weighted by atomic mass is 10.2. The average molecular weight is 402 g/mol. The number of anilines is 2. The van der Waals surface area contributed by atoms with E-state index in [0.29, 0.717) is 28.9 Å². The molecule has 0 aliphatic heterocycles. The van der Waals surface area contributed by atoms with Gasteiger partial charge in [0.2, 0.25) is 11.7 Å². The molecule has 30 heavy (non-hydrogen) atoms. The minimum Gasteiger partial charge on any atom is -0.493 e. The van der Waals surface area contributed by atoms with Crippen molar-refractivity contribution in [2.24, 2.45) is 0 Å². The molecule has 0 amide bonds. The van der Waals surface area contributed by atoms with Gasteiger partial charge in [0.15, 0.2) is 11.5 Å². The molecule has 4 rings (SSSR count). The molecule has 0 unspecified atom stereocenters. The van der Waals surface area contributed by atoms with Crippen molar-refractivity contribution in [3.8, 4) is 22.9 Å². The van der Waals surface area contributed by atoms with Crippen LogP contribution in [0.2, 0.25) is 0 Å². The molecule has 0 atom stereocenters. The van der Waals surface area contributed by atoms with Crippen LogP contribution >= 0.6 is 0 Å². The first-order valence-corrected chi connectivity index (χ1v) is 9.31. The van der Waals surface area contributed by atoms with Gasteiger partial charge >= 0.3 is 0 Å². The smallest absolute Gasteiger partial charge is 0.229 e. The van der Waals surface area contributed by atoms with E-state index in [2.05, 4.69) is 16.9 Å². The molecule has 2 aromatic heterocycles. The summed E-state index contributed by atoms with van der Waals surface area (Å²) in [7, 11) is 4.72. The Kier molecular flexibility index (Phi) is 5.26. The Balaban J connectivity index is 1.76. The van der Waals surface area contributed by atoms with Gasteiger partial charge in [0, 0.05) is 35.6 Å². The lowest BCUT2D eigenvalue weighted by molar-refractivity contribution is 0.324. The highest BCUT2D eigenvalue weighted by Gasteiger charge is 2.15. The zero-order chi connectivity index (χ0) is 21.1. The number of aromatic nitrogens is 3. The quantitative estimate of drug-likeness (QED) is 0.477. The average Bonchev–Trinajstić information content (AvgIpc) is 3.21. The highest BCUT2D eigenvalue weighted by atomic mass is 16.5. The summed E-state index contributed by atoms with van der Waals surface area (Å²) < 4.78 is 18.2. The van der Waals surface area contributed by atoms with Crippen molar-refractivity contribution < 1.29 is 14.2 Å². The van der Waals surface area contributed by atoms with E-state index >= 15 is 0 Å². The van der Waals surface area contributed by atoms with Crippen molar-refractivity contribution in [1.82, 2.24) is 14.5 Å². The van der Waals surface area contributed by atoms with E-state index in [0.717, 1.165) is 22.3 Å². The molecule has 2 heterocycles. The van der Waals surface area contributed by atoms with Crippen molar-refractivity contribution in [1.29, 1.82) is 0 Å². The number of hydrogen-bond donors (Lipinski definition) is 1. The molecule has 0 aliphatic carbocycles. The van der Waals surface area contributed by atoms with Crippen LogP contribution in [0.3, 0.4) is 0 Å². The lowest BCUT2D eigenvalue weighted by Crippen LogP contribution is -2.02. The Bertz CT molecular complexity index is 1190. The molecule has 7 heteroatoms. The number of ether oxygens (including phenoxy) is 3. The Morgan fingerprint density at radius 1 is 1.00 bits per heavy atom. The van der Waals surface area contributed by atoms with E-state index in [1.165, 1.54) is 0 Å². The van der Waals surface area contributed by atoms with Crippen molar-refractivity contribution >= 4 is 28.7 Å². The van der Waals surface area contributed by atoms with E-state index in [1.54, 1.807) is 39.7 Å². The topological polar surface area (TPSA) is 70.4 Å². The van der Waals surface area contributed by atoms with E-state index < -0.39 is 0 Å². The summed E-state index contributed by atoms with van der Waals surface area (Å²) in [6.07, 6.45) is 5.60. The minimum absolute atomic E-state index is 0.452. The third kappa shape index (κ3) is 3.41. The van der Waals surface area contributed by atoms with Crippen molar-refractivity contribution in [2.45, 2.75) is 0 Å². The standard InChI is InChI=1S/C23H22N4O3/c1-5-15-8-6-7-9-18(15)27-11-10-16-14-24-23(26-22(16)27)25-17-12-19(28-2)21(30-4)20(13-17)29-3/h5-14H,1H2,2-4H3,(H,24,25,26). The van der Waals surface area contributed by atoms with E-state index in [4.69, 9.17) is 19.2 Å². The first-order valence-electron chi connectivity index (χ1n) is 9.31. The number of rotatable bonds is 7. The number of methoxy groups -OCH3 is 3. The maximum absolute atomic E-state index is 5.42. The highest BCUT2D eigenvalue weighted by molar-refractivity contribution is 5.80. The zero-order valence-corrected chi connectivity index (χ0v) is 17.0. The van der Waals surface area contributed by atoms with Gasteiger partial charge in [0.25, 0.3) is 0 Å². The Labute approximate surface area is 174 Å². The molecule has 0 aliphatic rings. The van der Waals surface area contributed by atoms with Gasteiger partial charge in [-0.05, 0) is 17.7 Å². The third-order valence-electron chi connectivity index (χ3n) is 4.76. The largest absolute Gasteiger partial charge is 0.493 e. The van der Waals surface area contributed by atoms with Gasteiger partial charge in [-0.25, -0.2) is 4.98 Å². The number of nitrogens with zero attached hydrogens (tertiary/aromatic N) is 3. The summed E-state index contributed by atoms with van der Waals surface area (Å²) in [4.78, 5) is 9.17. The second-order valence-electron chi connectivity index (χ2n) is 6.46. The number of benzene rings is 2. The summed E-state index contributed by atoms with van der Waals surface area (Å²) in [5.74, 6) is 2.07. The Morgan fingerprint density at radius 3 is 2.40 bits per heavy atom. The van der Waals surface area contributed by atoms with Crippen LogP contribution in [0, 0.1) is 0 Å². The molecule has 0 saturated carbocycles. The van der Waals surface area contributed by atoms with Crippen LogP contribution in [0.25, 0.3) is 22.8 Å². The molecule has 1 N–H and O–H groups in total. The van der Waals surface area contributed by atoms with Crippen LogP contribution in [0.15, 0.2) is 61.4 Å². The zero-order valence-electron chi connectivity index (χ0n) is 17.0. The van der Waals surface area contributed by atoms with Gasteiger partial charge in [0.1, 0.15) is 5.65 Å². The molecule has 0 saturated heterocycles. The fourth-order valence-corrected chi connectivity index (χ4v) is 3.33. The first-order chi connectivity index (χ1) is 14.7. The van der Waals surface area contributed by atoms with E-state index in [9.17, 15) is 0 Å². The maximum Gasteiger partial charge on any atom is 0.229 e.